The van der Waals surface area contributed by atoms with E-state index in [1.54, 1.807) is 0 Å². The number of benzene rings is 2. The molecule has 1 saturated heterocycles. The molecular formula is C21H27N3O2. The van der Waals surface area contributed by atoms with E-state index in [0.717, 1.165) is 49.9 Å². The molecule has 2 aromatic carbocycles. The van der Waals surface area contributed by atoms with Gasteiger partial charge in [0.05, 0.1) is 0 Å². The number of carbonyl (C=O) groups is 1. The maximum atomic E-state index is 12.4. The van der Waals surface area contributed by atoms with E-state index in [2.05, 4.69) is 24.1 Å². The standard InChI is InChI=1S/C21H27N3O2/c1-17(2)16-23-12-14-24(15-13-23)21(25)22-18-8-10-20(11-9-18)26-19-6-4-3-5-7-19/h3-11,17H,12-16H2,1-2H3,(H,22,25). The van der Waals surface area contributed by atoms with Crippen LogP contribution >= 0.6 is 0 Å². The lowest BCUT2D eigenvalue weighted by Gasteiger charge is -2.35. The van der Waals surface area contributed by atoms with Gasteiger partial charge in [0, 0.05) is 38.4 Å². The summed E-state index contributed by atoms with van der Waals surface area (Å²) in [5.74, 6) is 2.20. The van der Waals surface area contributed by atoms with Crippen LogP contribution < -0.4 is 10.1 Å². The fraction of sp³-hybridized carbons (Fsp3) is 0.381. The first-order valence-corrected chi connectivity index (χ1v) is 9.21. The molecule has 0 aromatic heterocycles. The number of urea groups is 1. The van der Waals surface area contributed by atoms with Crippen LogP contribution in [0.4, 0.5) is 10.5 Å². The van der Waals surface area contributed by atoms with E-state index in [-0.39, 0.29) is 6.03 Å². The molecule has 0 aliphatic carbocycles. The third-order valence-electron chi connectivity index (χ3n) is 4.37. The molecule has 5 heteroatoms. The van der Waals surface area contributed by atoms with Crippen molar-refractivity contribution in [2.24, 2.45) is 5.92 Å². The summed E-state index contributed by atoms with van der Waals surface area (Å²) in [7, 11) is 0. The second kappa shape index (κ2) is 8.72. The maximum Gasteiger partial charge on any atom is 0.321 e. The van der Waals surface area contributed by atoms with Gasteiger partial charge in [0.25, 0.3) is 0 Å². The predicted octanol–water partition coefficient (Wildman–Crippen LogP) is 4.28. The predicted molar refractivity (Wildman–Crippen MR) is 105 cm³/mol. The van der Waals surface area contributed by atoms with Crippen LogP contribution in [0.25, 0.3) is 0 Å². The largest absolute Gasteiger partial charge is 0.457 e. The Morgan fingerprint density at radius 3 is 2.19 bits per heavy atom. The molecule has 138 valence electrons. The van der Waals surface area contributed by atoms with Gasteiger partial charge in [-0.05, 0) is 42.3 Å². The normalized spacial score (nSPS) is 15.1. The SMILES string of the molecule is CC(C)CN1CCN(C(=O)Nc2ccc(Oc3ccccc3)cc2)CC1. The van der Waals surface area contributed by atoms with Gasteiger partial charge in [-0.3, -0.25) is 4.90 Å². The van der Waals surface area contributed by atoms with Crippen molar-refractivity contribution in [2.75, 3.05) is 38.0 Å². The number of nitrogens with one attached hydrogen (secondary N) is 1. The topological polar surface area (TPSA) is 44.8 Å². The number of hydrogen-bond donors (Lipinski definition) is 1. The molecule has 5 nitrogen and oxygen atoms in total. The highest BCUT2D eigenvalue weighted by Gasteiger charge is 2.21. The molecule has 1 N–H and O–H groups in total. The third kappa shape index (κ3) is 5.23. The Labute approximate surface area is 155 Å². The van der Waals surface area contributed by atoms with Crippen LogP contribution in [-0.4, -0.2) is 48.6 Å². The monoisotopic (exact) mass is 353 g/mol. The summed E-state index contributed by atoms with van der Waals surface area (Å²) in [4.78, 5) is 16.7. The average molecular weight is 353 g/mol. The molecule has 2 amide bonds. The van der Waals surface area contributed by atoms with E-state index in [0.29, 0.717) is 5.92 Å². The first-order valence-electron chi connectivity index (χ1n) is 9.21. The third-order valence-corrected chi connectivity index (χ3v) is 4.37. The van der Waals surface area contributed by atoms with Gasteiger partial charge < -0.3 is 15.0 Å². The van der Waals surface area contributed by atoms with Crippen LogP contribution in [0, 0.1) is 5.92 Å². The van der Waals surface area contributed by atoms with Crippen LogP contribution in [0.15, 0.2) is 54.6 Å². The Balaban J connectivity index is 1.49. The minimum absolute atomic E-state index is 0.0362. The van der Waals surface area contributed by atoms with E-state index in [9.17, 15) is 4.79 Å². The van der Waals surface area contributed by atoms with Gasteiger partial charge in [-0.15, -0.1) is 0 Å². The second-order valence-corrected chi connectivity index (χ2v) is 7.05. The van der Waals surface area contributed by atoms with Gasteiger partial charge in [-0.2, -0.15) is 0 Å². The number of piperazine rings is 1. The van der Waals surface area contributed by atoms with Crippen molar-refractivity contribution in [3.63, 3.8) is 0 Å². The highest BCUT2D eigenvalue weighted by atomic mass is 16.5. The van der Waals surface area contributed by atoms with Crippen molar-refractivity contribution < 1.29 is 9.53 Å². The summed E-state index contributed by atoms with van der Waals surface area (Å²) in [6, 6.07) is 17.1. The Morgan fingerprint density at radius 1 is 0.962 bits per heavy atom. The number of amides is 2. The highest BCUT2D eigenvalue weighted by Crippen LogP contribution is 2.22. The molecule has 0 spiro atoms. The van der Waals surface area contributed by atoms with Crippen molar-refractivity contribution in [3.8, 4) is 11.5 Å². The number of carbonyl (C=O) groups excluding carboxylic acids is 1. The summed E-state index contributed by atoms with van der Waals surface area (Å²) in [6.45, 7) is 8.97. The van der Waals surface area contributed by atoms with Gasteiger partial charge in [0.1, 0.15) is 11.5 Å². The summed E-state index contributed by atoms with van der Waals surface area (Å²) in [5, 5.41) is 2.97. The van der Waals surface area contributed by atoms with Crippen molar-refractivity contribution in [1.82, 2.24) is 9.80 Å². The van der Waals surface area contributed by atoms with Crippen LogP contribution in [0.2, 0.25) is 0 Å². The fourth-order valence-corrected chi connectivity index (χ4v) is 3.08. The molecule has 26 heavy (non-hydrogen) atoms. The van der Waals surface area contributed by atoms with Crippen molar-refractivity contribution >= 4 is 11.7 Å². The molecule has 0 atom stereocenters. The quantitative estimate of drug-likeness (QED) is 0.872. The lowest BCUT2D eigenvalue weighted by molar-refractivity contribution is 0.138. The Morgan fingerprint density at radius 2 is 1.58 bits per heavy atom. The number of hydrogen-bond acceptors (Lipinski definition) is 3. The number of anilines is 1. The lowest BCUT2D eigenvalue weighted by atomic mass is 10.2. The zero-order chi connectivity index (χ0) is 18.4. The van der Waals surface area contributed by atoms with Gasteiger partial charge in [-0.25, -0.2) is 4.79 Å². The minimum atomic E-state index is -0.0362. The van der Waals surface area contributed by atoms with E-state index in [4.69, 9.17) is 4.74 Å². The number of rotatable bonds is 5. The van der Waals surface area contributed by atoms with Crippen LogP contribution in [0.3, 0.4) is 0 Å². The zero-order valence-corrected chi connectivity index (χ0v) is 15.5. The van der Waals surface area contributed by atoms with Crippen LogP contribution in [0.1, 0.15) is 13.8 Å². The summed E-state index contributed by atoms with van der Waals surface area (Å²) < 4.78 is 5.77. The van der Waals surface area contributed by atoms with Crippen LogP contribution in [0.5, 0.6) is 11.5 Å². The average Bonchev–Trinajstić information content (AvgIpc) is 2.64. The number of nitrogens with zero attached hydrogens (tertiary/aromatic N) is 2. The van der Waals surface area contributed by atoms with Crippen molar-refractivity contribution in [1.29, 1.82) is 0 Å². The Hall–Kier alpha value is -2.53. The number of para-hydroxylation sites is 1. The molecule has 2 aromatic rings. The maximum absolute atomic E-state index is 12.4. The van der Waals surface area contributed by atoms with Crippen molar-refractivity contribution in [3.05, 3.63) is 54.6 Å². The smallest absolute Gasteiger partial charge is 0.321 e. The van der Waals surface area contributed by atoms with Gasteiger partial charge in [0.2, 0.25) is 0 Å². The van der Waals surface area contributed by atoms with Crippen molar-refractivity contribution in [2.45, 2.75) is 13.8 Å². The lowest BCUT2D eigenvalue weighted by Crippen LogP contribution is -2.50. The molecule has 3 rings (SSSR count). The second-order valence-electron chi connectivity index (χ2n) is 7.05. The van der Waals surface area contributed by atoms with Gasteiger partial charge >= 0.3 is 6.03 Å². The number of ether oxygens (including phenoxy) is 1. The fourth-order valence-electron chi connectivity index (χ4n) is 3.08. The Bertz CT molecular complexity index is 693. The van der Waals surface area contributed by atoms with E-state index in [1.165, 1.54) is 0 Å². The summed E-state index contributed by atoms with van der Waals surface area (Å²) >= 11 is 0. The molecular weight excluding hydrogens is 326 g/mol. The van der Waals surface area contributed by atoms with E-state index < -0.39 is 0 Å². The molecule has 0 bridgehead atoms. The molecule has 1 aliphatic heterocycles. The summed E-state index contributed by atoms with van der Waals surface area (Å²) in [6.07, 6.45) is 0. The highest BCUT2D eigenvalue weighted by molar-refractivity contribution is 5.89. The van der Waals surface area contributed by atoms with E-state index >= 15 is 0 Å². The van der Waals surface area contributed by atoms with E-state index in [1.807, 2.05) is 59.5 Å². The van der Waals surface area contributed by atoms with Gasteiger partial charge in [-0.1, -0.05) is 32.0 Å². The molecule has 0 unspecified atom stereocenters. The first-order chi connectivity index (χ1) is 12.6. The minimum Gasteiger partial charge on any atom is -0.457 e. The summed E-state index contributed by atoms with van der Waals surface area (Å²) in [5.41, 5.74) is 0.778. The first kappa shape index (κ1) is 18.3. The molecule has 0 radical (unpaired) electrons. The molecule has 1 aliphatic rings. The van der Waals surface area contributed by atoms with Crippen LogP contribution in [-0.2, 0) is 0 Å². The zero-order valence-electron chi connectivity index (χ0n) is 15.5. The molecule has 1 heterocycles. The molecule has 0 saturated carbocycles. The Kier molecular flexibility index (Phi) is 6.12. The molecule has 1 fully saturated rings. The van der Waals surface area contributed by atoms with Gasteiger partial charge in [0.15, 0.2) is 0 Å².